The third kappa shape index (κ3) is 5.28. The lowest BCUT2D eigenvalue weighted by Crippen LogP contribution is -2.23. The van der Waals surface area contributed by atoms with Gasteiger partial charge in [0.1, 0.15) is 5.38 Å². The Hall–Kier alpha value is -0.490. The van der Waals surface area contributed by atoms with Crippen molar-refractivity contribution in [1.82, 2.24) is 0 Å². The van der Waals surface area contributed by atoms with Crippen molar-refractivity contribution in [2.45, 2.75) is 32.8 Å². The summed E-state index contributed by atoms with van der Waals surface area (Å²) in [5.74, 6) is 0. The average molecular weight is 473 g/mol. The van der Waals surface area contributed by atoms with Crippen LogP contribution in [0.15, 0.2) is 40.1 Å². The summed E-state index contributed by atoms with van der Waals surface area (Å²) in [7, 11) is 0. The van der Waals surface area contributed by atoms with E-state index in [1.165, 1.54) is 11.8 Å². The minimum atomic E-state index is -1.77. The number of amides is 2. The Labute approximate surface area is 181 Å². The smallest absolute Gasteiger partial charge is 0.316 e. The molecule has 2 amide bonds. The first kappa shape index (κ1) is 21.8. The fourth-order valence-electron chi connectivity index (χ4n) is 2.48. The molecule has 0 aliphatic carbocycles. The third-order valence-electron chi connectivity index (χ3n) is 3.59. The first-order valence-electron chi connectivity index (χ1n) is 7.35. The molecular formula is C17H15Cl5N2OS. The van der Waals surface area contributed by atoms with Crippen LogP contribution in [0.25, 0.3) is 0 Å². The van der Waals surface area contributed by atoms with Crippen LogP contribution >= 0.6 is 69.8 Å². The van der Waals surface area contributed by atoms with Crippen LogP contribution in [-0.2, 0) is 0 Å². The molecule has 2 aromatic rings. The maximum Gasteiger partial charge on any atom is 0.316 e. The summed E-state index contributed by atoms with van der Waals surface area (Å²) in [6.45, 7) is 3.78. The lowest BCUT2D eigenvalue weighted by molar-refractivity contribution is 0.259. The summed E-state index contributed by atoms with van der Waals surface area (Å²) in [6, 6.07) is 8.48. The van der Waals surface area contributed by atoms with Crippen molar-refractivity contribution in [1.29, 1.82) is 0 Å². The van der Waals surface area contributed by atoms with E-state index in [1.807, 2.05) is 38.1 Å². The lowest BCUT2D eigenvalue weighted by atomic mass is 10.00. The molecule has 0 fully saturated rings. The molecule has 0 aliphatic rings. The number of alkyl halides is 4. The van der Waals surface area contributed by atoms with Gasteiger partial charge in [-0.2, -0.15) is 0 Å². The molecule has 3 N–H and O–H groups in total. The molecule has 0 aromatic heterocycles. The molecule has 2 aromatic carbocycles. The van der Waals surface area contributed by atoms with Crippen LogP contribution in [0, 0.1) is 13.8 Å². The van der Waals surface area contributed by atoms with E-state index in [4.69, 9.17) is 63.7 Å². The quantitative estimate of drug-likeness (QED) is 0.461. The van der Waals surface area contributed by atoms with Crippen LogP contribution in [0.3, 0.4) is 0 Å². The van der Waals surface area contributed by atoms with E-state index in [0.29, 0.717) is 16.3 Å². The number of halogens is 5. The van der Waals surface area contributed by atoms with Crippen LogP contribution in [0.2, 0.25) is 5.02 Å². The minimum absolute atomic E-state index is 0.416. The zero-order valence-corrected chi connectivity index (χ0v) is 18.3. The monoisotopic (exact) mass is 470 g/mol. The largest absolute Gasteiger partial charge is 0.351 e. The number of hydrogen-bond donors (Lipinski definition) is 2. The van der Waals surface area contributed by atoms with Crippen LogP contribution in [-0.4, -0.2) is 9.82 Å². The number of primary amides is 1. The normalized spacial score (nSPS) is 12.7. The molecule has 0 radical (unpaired) electrons. The molecule has 0 bridgehead atoms. The second-order valence-corrected chi connectivity index (χ2v) is 9.88. The third-order valence-corrected chi connectivity index (χ3v) is 6.71. The number of carbonyl (C=O) groups is 1. The van der Waals surface area contributed by atoms with Gasteiger partial charge in [-0.25, -0.2) is 4.79 Å². The van der Waals surface area contributed by atoms with Gasteiger partial charge in [-0.3, -0.25) is 0 Å². The van der Waals surface area contributed by atoms with Gasteiger partial charge in [-0.1, -0.05) is 58.2 Å². The fourth-order valence-corrected chi connectivity index (χ4v) is 4.21. The number of aryl methyl sites for hydroxylation is 1. The maximum absolute atomic E-state index is 11.4. The Morgan fingerprint density at radius 2 is 1.77 bits per heavy atom. The van der Waals surface area contributed by atoms with Gasteiger partial charge < -0.3 is 11.1 Å². The maximum atomic E-state index is 11.4. The van der Waals surface area contributed by atoms with Crippen LogP contribution in [0.5, 0.6) is 0 Å². The molecule has 0 saturated heterocycles. The Bertz CT molecular complexity index is 821. The number of rotatable bonds is 4. The number of anilines is 1. The Morgan fingerprint density at radius 3 is 2.27 bits per heavy atom. The van der Waals surface area contributed by atoms with Gasteiger partial charge >= 0.3 is 6.03 Å². The summed E-state index contributed by atoms with van der Waals surface area (Å²) >= 11 is 31.9. The summed E-state index contributed by atoms with van der Waals surface area (Å²) < 4.78 is -1.77. The molecule has 0 aliphatic heterocycles. The predicted molar refractivity (Wildman–Crippen MR) is 114 cm³/mol. The van der Waals surface area contributed by atoms with Crippen molar-refractivity contribution in [3.05, 3.63) is 52.0 Å². The Morgan fingerprint density at radius 1 is 1.19 bits per heavy atom. The fraction of sp³-hybridized carbons (Fsp3) is 0.235. The lowest BCUT2D eigenvalue weighted by Gasteiger charge is -2.25. The van der Waals surface area contributed by atoms with Crippen molar-refractivity contribution in [2.24, 2.45) is 5.73 Å². The summed E-state index contributed by atoms with van der Waals surface area (Å²) in [5.41, 5.74) is 7.90. The zero-order chi connectivity index (χ0) is 19.6. The molecule has 9 heteroatoms. The number of carbonyl (C=O) groups excluding carboxylic acids is 1. The number of benzene rings is 2. The van der Waals surface area contributed by atoms with Gasteiger partial charge in [0.15, 0.2) is 0 Å². The molecule has 3 nitrogen and oxygen atoms in total. The van der Waals surface area contributed by atoms with E-state index >= 15 is 0 Å². The number of hydrogen-bond acceptors (Lipinski definition) is 2. The molecule has 26 heavy (non-hydrogen) atoms. The van der Waals surface area contributed by atoms with Crippen LogP contribution < -0.4 is 11.1 Å². The molecule has 0 saturated carbocycles. The molecule has 2 rings (SSSR count). The highest BCUT2D eigenvalue weighted by Gasteiger charge is 2.36. The van der Waals surface area contributed by atoms with E-state index in [-0.39, 0.29) is 0 Å². The van der Waals surface area contributed by atoms with E-state index in [1.54, 1.807) is 6.07 Å². The number of urea groups is 1. The van der Waals surface area contributed by atoms with E-state index in [2.05, 4.69) is 5.32 Å². The summed E-state index contributed by atoms with van der Waals surface area (Å²) in [5, 5.41) is 2.23. The van der Waals surface area contributed by atoms with Crippen molar-refractivity contribution < 1.29 is 4.79 Å². The zero-order valence-electron chi connectivity index (χ0n) is 13.7. The van der Waals surface area contributed by atoms with Gasteiger partial charge in [0.2, 0.25) is 3.79 Å². The highest BCUT2D eigenvalue weighted by Crippen LogP contribution is 2.50. The molecule has 140 valence electrons. The summed E-state index contributed by atoms with van der Waals surface area (Å²) in [6.07, 6.45) is 0. The van der Waals surface area contributed by atoms with Gasteiger partial charge in [0.05, 0.1) is 0 Å². The van der Waals surface area contributed by atoms with E-state index in [9.17, 15) is 4.79 Å². The van der Waals surface area contributed by atoms with Crippen LogP contribution in [0.1, 0.15) is 22.1 Å². The van der Waals surface area contributed by atoms with Crippen LogP contribution in [0.4, 0.5) is 10.5 Å². The Balaban J connectivity index is 2.59. The summed E-state index contributed by atoms with van der Waals surface area (Å²) in [4.78, 5) is 13.3. The second-order valence-electron chi connectivity index (χ2n) is 5.56. The molecule has 0 heterocycles. The number of nitrogens with one attached hydrogen (secondary N) is 1. The molecule has 0 spiro atoms. The Kier molecular flexibility index (Phi) is 7.28. The first-order valence-corrected chi connectivity index (χ1v) is 10.1. The number of nitrogens with two attached hydrogens (primary N) is 1. The topological polar surface area (TPSA) is 55.1 Å². The highest BCUT2D eigenvalue weighted by molar-refractivity contribution is 7.99. The predicted octanol–water partition coefficient (Wildman–Crippen LogP) is 7.25. The minimum Gasteiger partial charge on any atom is -0.351 e. The van der Waals surface area contributed by atoms with Gasteiger partial charge in [0, 0.05) is 26.1 Å². The average Bonchev–Trinajstić information content (AvgIpc) is 2.51. The second kappa shape index (κ2) is 8.68. The van der Waals surface area contributed by atoms with E-state index in [0.717, 1.165) is 20.9 Å². The van der Waals surface area contributed by atoms with Crippen molar-refractivity contribution in [2.75, 3.05) is 5.32 Å². The van der Waals surface area contributed by atoms with Gasteiger partial charge in [-0.05, 0) is 55.3 Å². The van der Waals surface area contributed by atoms with Gasteiger partial charge in [-0.15, -0.1) is 11.6 Å². The van der Waals surface area contributed by atoms with E-state index < -0.39 is 15.2 Å². The van der Waals surface area contributed by atoms with Gasteiger partial charge in [0.25, 0.3) is 0 Å². The van der Waals surface area contributed by atoms with Crippen molar-refractivity contribution >= 4 is 81.5 Å². The SMILES string of the molecule is Cc1cc(NC(N)=O)c(C(Cl)C(Cl)(Cl)Cl)c(C)c1Sc1ccc(Cl)cc1. The molecular weight excluding hydrogens is 458 g/mol. The molecule has 1 unspecified atom stereocenters. The van der Waals surface area contributed by atoms with Crippen molar-refractivity contribution in [3.63, 3.8) is 0 Å². The highest BCUT2D eigenvalue weighted by atomic mass is 35.6. The first-order chi connectivity index (χ1) is 12.0. The molecule has 1 atom stereocenters. The van der Waals surface area contributed by atoms with Crippen molar-refractivity contribution in [3.8, 4) is 0 Å². The standard InChI is InChI=1S/C17H15Cl5N2OS/c1-8-7-12(24-16(23)25)13(15(19)17(20,21)22)9(2)14(8)26-11-5-3-10(18)4-6-11/h3-7,15H,1-2H3,(H3,23,24,25).